The van der Waals surface area contributed by atoms with Crippen LogP contribution in [-0.2, 0) is 16.0 Å². The van der Waals surface area contributed by atoms with Crippen LogP contribution in [0.25, 0.3) is 0 Å². The van der Waals surface area contributed by atoms with E-state index in [2.05, 4.69) is 20.5 Å². The molecule has 2 heterocycles. The van der Waals surface area contributed by atoms with Gasteiger partial charge in [0, 0.05) is 53.6 Å². The van der Waals surface area contributed by atoms with Crippen molar-refractivity contribution in [3.63, 3.8) is 0 Å². The number of halogens is 1. The van der Waals surface area contributed by atoms with Crippen molar-refractivity contribution in [3.8, 4) is 0 Å². The van der Waals surface area contributed by atoms with Crippen molar-refractivity contribution in [1.82, 2.24) is 20.4 Å². The summed E-state index contributed by atoms with van der Waals surface area (Å²) >= 11 is 0. The summed E-state index contributed by atoms with van der Waals surface area (Å²) in [4.78, 5) is 31.7. The Bertz CT molecular complexity index is 626. The maximum atomic E-state index is 11.9. The Morgan fingerprint density at radius 1 is 1.32 bits per heavy atom. The highest BCUT2D eigenvalue weighted by molar-refractivity contribution is 14.0. The van der Waals surface area contributed by atoms with E-state index in [1.807, 2.05) is 12.1 Å². The number of nitrogens with zero attached hydrogens (tertiary/aromatic N) is 3. The molecule has 1 fully saturated rings. The molecule has 1 aliphatic heterocycles. The third-order valence-corrected chi connectivity index (χ3v) is 4.76. The summed E-state index contributed by atoms with van der Waals surface area (Å²) in [6.07, 6.45) is 4.86. The fraction of sp³-hybridized carbons (Fsp3) is 0.632. The van der Waals surface area contributed by atoms with Crippen LogP contribution < -0.4 is 10.6 Å². The van der Waals surface area contributed by atoms with E-state index in [4.69, 9.17) is 4.42 Å². The molecule has 0 spiro atoms. The number of rotatable bonds is 7. The smallest absolute Gasteiger partial charge is 0.243 e. The highest BCUT2D eigenvalue weighted by atomic mass is 127. The molecule has 1 aromatic rings. The van der Waals surface area contributed by atoms with Crippen LogP contribution in [0.15, 0.2) is 27.8 Å². The van der Waals surface area contributed by atoms with Crippen molar-refractivity contribution in [1.29, 1.82) is 0 Å². The molecular formula is C19H32IN5O3. The minimum Gasteiger partial charge on any atom is -0.469 e. The Morgan fingerprint density at radius 3 is 2.61 bits per heavy atom. The molecule has 0 radical (unpaired) electrons. The van der Waals surface area contributed by atoms with Gasteiger partial charge in [0.15, 0.2) is 5.96 Å². The Balaban J connectivity index is 0.00000392. The number of guanidine groups is 1. The van der Waals surface area contributed by atoms with Gasteiger partial charge in [0.2, 0.25) is 11.8 Å². The lowest BCUT2D eigenvalue weighted by Crippen LogP contribution is -2.47. The summed E-state index contributed by atoms with van der Waals surface area (Å²) in [7, 11) is 5.13. The molecule has 0 unspecified atom stereocenters. The first-order chi connectivity index (χ1) is 13.0. The number of likely N-dealkylation sites (tertiary alicyclic amines) is 1. The van der Waals surface area contributed by atoms with Gasteiger partial charge in [-0.25, -0.2) is 4.99 Å². The summed E-state index contributed by atoms with van der Waals surface area (Å²) in [6.45, 7) is 2.45. The van der Waals surface area contributed by atoms with E-state index in [-0.39, 0.29) is 42.3 Å². The summed E-state index contributed by atoms with van der Waals surface area (Å²) in [5.41, 5.74) is 0. The number of nitrogens with one attached hydrogen (secondary N) is 2. The van der Waals surface area contributed by atoms with Gasteiger partial charge in [0.05, 0.1) is 6.26 Å². The Kier molecular flexibility index (Phi) is 10.9. The lowest BCUT2D eigenvalue weighted by atomic mass is 9.93. The van der Waals surface area contributed by atoms with Gasteiger partial charge in [0.25, 0.3) is 0 Å². The topological polar surface area (TPSA) is 90.2 Å². The number of piperidine rings is 1. The molecule has 158 valence electrons. The van der Waals surface area contributed by atoms with Crippen LogP contribution in [0.5, 0.6) is 0 Å². The maximum Gasteiger partial charge on any atom is 0.243 e. The van der Waals surface area contributed by atoms with E-state index in [1.54, 1.807) is 32.3 Å². The summed E-state index contributed by atoms with van der Waals surface area (Å²) < 4.78 is 5.36. The summed E-state index contributed by atoms with van der Waals surface area (Å²) in [6, 6.07) is 3.82. The standard InChI is InChI=1S/C19H31N5O3.HI/c1-20-17(25)13-15-7-10-24(11-8-15)19(22-14-18(26)23(2)3)21-9-6-16-5-4-12-27-16;/h4-5,12,15H,6-11,13-14H2,1-3H3,(H,20,25)(H,21,22);1H. The van der Waals surface area contributed by atoms with Crippen LogP contribution in [0.3, 0.4) is 0 Å². The minimum absolute atomic E-state index is 0. The average molecular weight is 505 g/mol. The largest absolute Gasteiger partial charge is 0.469 e. The first-order valence-electron chi connectivity index (χ1n) is 9.46. The number of furan rings is 1. The molecule has 1 saturated heterocycles. The third kappa shape index (κ3) is 8.07. The molecule has 2 rings (SSSR count). The molecule has 0 bridgehead atoms. The molecule has 1 aromatic heterocycles. The Hall–Kier alpha value is -1.78. The number of hydrogen-bond donors (Lipinski definition) is 2. The SMILES string of the molecule is CNC(=O)CC1CCN(C(=NCC(=O)N(C)C)NCCc2ccco2)CC1.I. The third-order valence-electron chi connectivity index (χ3n) is 4.76. The monoisotopic (exact) mass is 505 g/mol. The molecule has 2 amide bonds. The predicted molar refractivity (Wildman–Crippen MR) is 120 cm³/mol. The first kappa shape index (κ1) is 24.3. The molecule has 1 aliphatic rings. The number of amides is 2. The van der Waals surface area contributed by atoms with Gasteiger partial charge in [-0.05, 0) is 30.9 Å². The summed E-state index contributed by atoms with van der Waals surface area (Å²) in [5, 5.41) is 6.05. The molecular weight excluding hydrogens is 473 g/mol. The summed E-state index contributed by atoms with van der Waals surface area (Å²) in [5.74, 6) is 2.12. The molecule has 28 heavy (non-hydrogen) atoms. The van der Waals surface area contributed by atoms with Crippen molar-refractivity contribution >= 4 is 41.8 Å². The number of hydrogen-bond acceptors (Lipinski definition) is 4. The Morgan fingerprint density at radius 2 is 2.04 bits per heavy atom. The van der Waals surface area contributed by atoms with Gasteiger partial charge in [-0.2, -0.15) is 0 Å². The second-order valence-electron chi connectivity index (χ2n) is 6.99. The molecule has 9 heteroatoms. The van der Waals surface area contributed by atoms with Crippen LogP contribution >= 0.6 is 24.0 Å². The van der Waals surface area contributed by atoms with Crippen LogP contribution in [-0.4, -0.2) is 74.9 Å². The van der Waals surface area contributed by atoms with Gasteiger partial charge in [-0.1, -0.05) is 0 Å². The fourth-order valence-electron chi connectivity index (χ4n) is 3.02. The number of aliphatic imine (C=N–C) groups is 1. The lowest BCUT2D eigenvalue weighted by molar-refractivity contribution is -0.127. The second kappa shape index (κ2) is 12.6. The zero-order chi connectivity index (χ0) is 19.6. The van der Waals surface area contributed by atoms with Gasteiger partial charge >= 0.3 is 0 Å². The highest BCUT2D eigenvalue weighted by Crippen LogP contribution is 2.20. The van der Waals surface area contributed by atoms with E-state index >= 15 is 0 Å². The number of carbonyl (C=O) groups is 2. The molecule has 8 nitrogen and oxygen atoms in total. The first-order valence-corrected chi connectivity index (χ1v) is 9.46. The zero-order valence-electron chi connectivity index (χ0n) is 16.9. The number of likely N-dealkylation sites (N-methyl/N-ethyl adjacent to an activating group) is 1. The van der Waals surface area contributed by atoms with Crippen molar-refractivity contribution in [3.05, 3.63) is 24.2 Å². The van der Waals surface area contributed by atoms with Gasteiger partial charge < -0.3 is 24.9 Å². The van der Waals surface area contributed by atoms with Crippen LogP contribution in [0.2, 0.25) is 0 Å². The van der Waals surface area contributed by atoms with Crippen LogP contribution in [0.4, 0.5) is 0 Å². The molecule has 0 atom stereocenters. The quantitative estimate of drug-likeness (QED) is 0.332. The van der Waals surface area contributed by atoms with Crippen LogP contribution in [0.1, 0.15) is 25.0 Å². The molecule has 0 aliphatic carbocycles. The maximum absolute atomic E-state index is 11.9. The zero-order valence-corrected chi connectivity index (χ0v) is 19.3. The normalized spacial score (nSPS) is 15.0. The van der Waals surface area contributed by atoms with Gasteiger partial charge in [0.1, 0.15) is 12.3 Å². The molecule has 0 saturated carbocycles. The average Bonchev–Trinajstić information content (AvgIpc) is 3.18. The fourth-order valence-corrected chi connectivity index (χ4v) is 3.02. The van der Waals surface area contributed by atoms with Crippen molar-refractivity contribution in [2.24, 2.45) is 10.9 Å². The van der Waals surface area contributed by atoms with E-state index in [1.165, 1.54) is 0 Å². The predicted octanol–water partition coefficient (Wildman–Crippen LogP) is 1.32. The molecule has 2 N–H and O–H groups in total. The van der Waals surface area contributed by atoms with Crippen molar-refractivity contribution in [2.75, 3.05) is 47.3 Å². The van der Waals surface area contributed by atoms with E-state index < -0.39 is 0 Å². The highest BCUT2D eigenvalue weighted by Gasteiger charge is 2.23. The van der Waals surface area contributed by atoms with E-state index in [0.29, 0.717) is 18.9 Å². The van der Waals surface area contributed by atoms with Crippen molar-refractivity contribution in [2.45, 2.75) is 25.7 Å². The van der Waals surface area contributed by atoms with Gasteiger partial charge in [-0.15, -0.1) is 24.0 Å². The minimum atomic E-state index is -0.0326. The second-order valence-corrected chi connectivity index (χ2v) is 6.99. The van der Waals surface area contributed by atoms with E-state index in [9.17, 15) is 9.59 Å². The van der Waals surface area contributed by atoms with E-state index in [0.717, 1.165) is 44.1 Å². The van der Waals surface area contributed by atoms with Crippen LogP contribution in [0, 0.1) is 5.92 Å². The molecule has 0 aromatic carbocycles. The van der Waals surface area contributed by atoms with Gasteiger partial charge in [-0.3, -0.25) is 9.59 Å². The Labute approximate surface area is 184 Å². The number of carbonyl (C=O) groups excluding carboxylic acids is 2. The lowest BCUT2D eigenvalue weighted by Gasteiger charge is -2.34. The van der Waals surface area contributed by atoms with Crippen molar-refractivity contribution < 1.29 is 14.0 Å².